The smallest absolute Gasteiger partial charge is 0.225 e. The van der Waals surface area contributed by atoms with Crippen LogP contribution in [0.15, 0.2) is 101 Å². The molecule has 0 aliphatic heterocycles. The molecule has 1 amide bonds. The fourth-order valence-corrected chi connectivity index (χ4v) is 5.36. The van der Waals surface area contributed by atoms with Gasteiger partial charge in [0.15, 0.2) is 0 Å². The van der Waals surface area contributed by atoms with Crippen LogP contribution in [0.5, 0.6) is 0 Å². The normalized spacial score (nSPS) is 14.7. The summed E-state index contributed by atoms with van der Waals surface area (Å²) >= 11 is 6.12. The highest BCUT2D eigenvalue weighted by Gasteiger charge is 2.30. The van der Waals surface area contributed by atoms with Crippen molar-refractivity contribution >= 4 is 28.5 Å². The first kappa shape index (κ1) is 26.4. The lowest BCUT2D eigenvalue weighted by atomic mass is 9.93. The van der Waals surface area contributed by atoms with Crippen LogP contribution in [0.1, 0.15) is 64.1 Å². The van der Waals surface area contributed by atoms with E-state index in [1.54, 1.807) is 0 Å². The van der Waals surface area contributed by atoms with E-state index in [-0.39, 0.29) is 30.6 Å². The molecule has 1 aliphatic carbocycles. The molecule has 1 fully saturated rings. The van der Waals surface area contributed by atoms with Crippen LogP contribution in [-0.2, 0) is 16.0 Å². The van der Waals surface area contributed by atoms with Gasteiger partial charge in [-0.3, -0.25) is 4.79 Å². The Kier molecular flexibility index (Phi) is 7.46. The zero-order valence-corrected chi connectivity index (χ0v) is 23.4. The average Bonchev–Trinajstić information content (AvgIpc) is 3.68. The van der Waals surface area contributed by atoms with Crippen LogP contribution in [0.2, 0.25) is 5.02 Å². The molecule has 4 aromatic carbocycles. The number of aryl methyl sites for hydroxylation is 2. The van der Waals surface area contributed by atoms with E-state index in [4.69, 9.17) is 20.8 Å². The highest BCUT2D eigenvalue weighted by atomic mass is 35.5. The second kappa shape index (κ2) is 11.3. The Morgan fingerprint density at radius 1 is 0.925 bits per heavy atom. The van der Waals surface area contributed by atoms with Gasteiger partial charge in [-0.2, -0.15) is 0 Å². The topological polar surface area (TPSA) is 51.5 Å². The first-order chi connectivity index (χ1) is 19.4. The second-order valence-electron chi connectivity index (χ2n) is 10.7. The number of amides is 1. The van der Waals surface area contributed by atoms with Crippen LogP contribution in [-0.4, -0.2) is 12.0 Å². The lowest BCUT2D eigenvalue weighted by Gasteiger charge is -2.22. The quantitative estimate of drug-likeness (QED) is 0.201. The molecular formula is C35H32ClNO3. The van der Waals surface area contributed by atoms with Crippen LogP contribution in [0, 0.1) is 13.8 Å². The molecule has 4 nitrogen and oxygen atoms in total. The summed E-state index contributed by atoms with van der Waals surface area (Å²) in [6.07, 6.45) is 2.35. The first-order valence-electron chi connectivity index (χ1n) is 13.8. The third-order valence-electron chi connectivity index (χ3n) is 7.42. The van der Waals surface area contributed by atoms with E-state index in [0.717, 1.165) is 57.4 Å². The molecule has 1 saturated carbocycles. The summed E-state index contributed by atoms with van der Waals surface area (Å²) in [5, 5.41) is 4.93. The predicted molar refractivity (Wildman–Crippen MR) is 160 cm³/mol. The van der Waals surface area contributed by atoms with Crippen LogP contribution in [0.3, 0.4) is 0 Å². The van der Waals surface area contributed by atoms with E-state index in [0.29, 0.717) is 5.02 Å². The van der Waals surface area contributed by atoms with Crippen molar-refractivity contribution in [3.05, 3.63) is 141 Å². The van der Waals surface area contributed by atoms with E-state index in [2.05, 4.69) is 49.5 Å². The molecule has 0 saturated heterocycles. The summed E-state index contributed by atoms with van der Waals surface area (Å²) in [6, 6.07) is 32.0. The minimum Gasteiger partial charge on any atom is -0.458 e. The van der Waals surface area contributed by atoms with Crippen molar-refractivity contribution in [2.24, 2.45) is 0 Å². The van der Waals surface area contributed by atoms with Crippen molar-refractivity contribution in [3.8, 4) is 0 Å². The van der Waals surface area contributed by atoms with Crippen LogP contribution >= 0.6 is 11.6 Å². The molecule has 0 bridgehead atoms. The van der Waals surface area contributed by atoms with Gasteiger partial charge in [-0.05, 0) is 84.8 Å². The molecule has 6 rings (SSSR count). The number of hydrogen-bond donors (Lipinski definition) is 1. The highest BCUT2D eigenvalue weighted by molar-refractivity contribution is 6.30. The van der Waals surface area contributed by atoms with Gasteiger partial charge in [0.25, 0.3) is 0 Å². The molecule has 40 heavy (non-hydrogen) atoms. The molecule has 5 aromatic rings. The molecule has 5 heteroatoms. The van der Waals surface area contributed by atoms with Crippen molar-refractivity contribution in [2.45, 2.75) is 51.4 Å². The molecule has 202 valence electrons. The number of rotatable bonds is 9. The Hall–Kier alpha value is -3.86. The van der Waals surface area contributed by atoms with Crippen LogP contribution < -0.4 is 5.32 Å². The Morgan fingerprint density at radius 3 is 2.42 bits per heavy atom. The van der Waals surface area contributed by atoms with Gasteiger partial charge < -0.3 is 14.5 Å². The number of hydrogen-bond acceptors (Lipinski definition) is 3. The average molecular weight is 550 g/mol. The summed E-state index contributed by atoms with van der Waals surface area (Å²) in [4.78, 5) is 13.4. The number of carbonyl (C=O) groups is 1. The minimum atomic E-state index is -0.298. The maximum Gasteiger partial charge on any atom is 0.225 e. The Morgan fingerprint density at radius 2 is 1.70 bits per heavy atom. The monoisotopic (exact) mass is 549 g/mol. The maximum absolute atomic E-state index is 13.4. The van der Waals surface area contributed by atoms with Crippen molar-refractivity contribution in [1.29, 1.82) is 0 Å². The zero-order valence-electron chi connectivity index (χ0n) is 22.7. The number of furan rings is 1. The van der Waals surface area contributed by atoms with Crippen molar-refractivity contribution in [3.63, 3.8) is 0 Å². The van der Waals surface area contributed by atoms with Gasteiger partial charge in [0.05, 0.1) is 18.6 Å². The van der Waals surface area contributed by atoms with Gasteiger partial charge in [-0.15, -0.1) is 0 Å². The van der Waals surface area contributed by atoms with E-state index < -0.39 is 0 Å². The highest BCUT2D eigenvalue weighted by Crippen LogP contribution is 2.37. The third kappa shape index (κ3) is 5.99. The lowest BCUT2D eigenvalue weighted by Crippen LogP contribution is -2.31. The third-order valence-corrected chi connectivity index (χ3v) is 7.68. The minimum absolute atomic E-state index is 0.0343. The summed E-state index contributed by atoms with van der Waals surface area (Å²) in [5.74, 6) is 0.720. The standard InChI is InChI=1S/C35H32ClNO3/c1-22-8-16-30(23(2)18-22)34(25-6-4-3-5-7-25)37-33(38)20-24-9-17-31-27(19-24)21-32(40-31)35(39-29-14-15-29)26-10-12-28(36)13-11-26/h3-13,16-19,21,29,34-35H,14-15,20H2,1-2H3,(H,37,38). The lowest BCUT2D eigenvalue weighted by molar-refractivity contribution is -0.120. The molecular weight excluding hydrogens is 518 g/mol. The number of fused-ring (bicyclic) bond motifs is 1. The number of nitrogens with one attached hydrogen (secondary N) is 1. The SMILES string of the molecule is Cc1ccc(C(NC(=O)Cc2ccc3oc(C(OC4CC4)c4ccc(Cl)cc4)cc3c2)c2ccccc2)c(C)c1. The predicted octanol–water partition coefficient (Wildman–Crippen LogP) is 8.42. The molecule has 1 aliphatic rings. The van der Waals surface area contributed by atoms with E-state index in [9.17, 15) is 4.79 Å². The Balaban J connectivity index is 1.23. The van der Waals surface area contributed by atoms with Gasteiger partial charge in [-0.1, -0.05) is 83.9 Å². The number of carbonyl (C=O) groups excluding carboxylic acids is 1. The molecule has 0 spiro atoms. The van der Waals surface area contributed by atoms with Gasteiger partial charge in [0.2, 0.25) is 5.91 Å². The molecule has 1 N–H and O–H groups in total. The van der Waals surface area contributed by atoms with Crippen LogP contribution in [0.25, 0.3) is 11.0 Å². The fraction of sp³-hybridized carbons (Fsp3) is 0.229. The summed E-state index contributed by atoms with van der Waals surface area (Å²) in [6.45, 7) is 4.18. The Labute approximate surface area is 239 Å². The van der Waals surface area contributed by atoms with Crippen molar-refractivity contribution < 1.29 is 13.9 Å². The summed E-state index contributed by atoms with van der Waals surface area (Å²) < 4.78 is 12.6. The van der Waals surface area contributed by atoms with Gasteiger partial charge in [0.1, 0.15) is 17.4 Å². The molecule has 2 atom stereocenters. The van der Waals surface area contributed by atoms with E-state index >= 15 is 0 Å². The van der Waals surface area contributed by atoms with Gasteiger partial charge >= 0.3 is 0 Å². The summed E-state index contributed by atoms with van der Waals surface area (Å²) in [5.41, 5.74) is 7.22. The van der Waals surface area contributed by atoms with E-state index in [1.165, 1.54) is 5.56 Å². The molecule has 0 radical (unpaired) electrons. The van der Waals surface area contributed by atoms with Gasteiger partial charge in [0, 0.05) is 10.4 Å². The van der Waals surface area contributed by atoms with Crippen molar-refractivity contribution in [1.82, 2.24) is 5.32 Å². The Bertz CT molecular complexity index is 1640. The van der Waals surface area contributed by atoms with E-state index in [1.807, 2.05) is 66.7 Å². The van der Waals surface area contributed by atoms with Gasteiger partial charge in [-0.25, -0.2) is 0 Å². The second-order valence-corrected chi connectivity index (χ2v) is 11.2. The maximum atomic E-state index is 13.4. The largest absolute Gasteiger partial charge is 0.458 e. The molecule has 2 unspecified atom stereocenters. The fourth-order valence-electron chi connectivity index (χ4n) is 5.23. The summed E-state index contributed by atoms with van der Waals surface area (Å²) in [7, 11) is 0. The first-order valence-corrected chi connectivity index (χ1v) is 14.2. The van der Waals surface area contributed by atoms with Crippen LogP contribution in [0.4, 0.5) is 0 Å². The zero-order chi connectivity index (χ0) is 27.6. The number of ether oxygens (including phenoxy) is 1. The number of benzene rings is 4. The van der Waals surface area contributed by atoms with Crippen molar-refractivity contribution in [2.75, 3.05) is 0 Å². The molecule has 1 heterocycles. The number of halogens is 1. The molecule has 1 aromatic heterocycles.